The second-order valence-corrected chi connectivity index (χ2v) is 5.62. The molecule has 0 aliphatic rings. The summed E-state index contributed by atoms with van der Waals surface area (Å²) in [6, 6.07) is 4.54. The van der Waals surface area contributed by atoms with Gasteiger partial charge >= 0.3 is 5.97 Å². The number of hydrogen-bond donors (Lipinski definition) is 1. The van der Waals surface area contributed by atoms with Crippen LogP contribution in [0.15, 0.2) is 30.6 Å². The molecule has 126 valence electrons. The zero-order valence-corrected chi connectivity index (χ0v) is 14.1. The summed E-state index contributed by atoms with van der Waals surface area (Å²) in [6.07, 6.45) is 1.88. The third kappa shape index (κ3) is 4.20. The van der Waals surface area contributed by atoms with Crippen molar-refractivity contribution in [1.82, 2.24) is 9.55 Å². The van der Waals surface area contributed by atoms with E-state index in [-0.39, 0.29) is 11.5 Å². The molecule has 2 heterocycles. The number of ketones is 1. The Morgan fingerprint density at radius 3 is 2.58 bits per heavy atom. The molecule has 24 heavy (non-hydrogen) atoms. The number of carbonyl (C=O) groups excluding carboxylic acids is 3. The van der Waals surface area contributed by atoms with Crippen LogP contribution in [0, 0.1) is 0 Å². The standard InChI is InChI=1S/C16H16ClN3O4/c1-9(21)11-6-13(20(3)8-11)16(23)24-10(2)15(22)19-14-5-4-12(17)7-18-14/h4-8,10H,1-3H3,(H,18,19,22)/t10-/m1/s1. The maximum atomic E-state index is 12.1. The van der Waals surface area contributed by atoms with E-state index in [0.717, 1.165) is 0 Å². The van der Waals surface area contributed by atoms with Crippen LogP contribution in [-0.2, 0) is 16.6 Å². The molecule has 0 spiro atoms. The van der Waals surface area contributed by atoms with Crippen molar-refractivity contribution < 1.29 is 19.1 Å². The molecule has 2 aromatic heterocycles. The van der Waals surface area contributed by atoms with Crippen molar-refractivity contribution in [3.05, 3.63) is 46.9 Å². The molecule has 0 aliphatic heterocycles. The number of hydrogen-bond acceptors (Lipinski definition) is 5. The van der Waals surface area contributed by atoms with Gasteiger partial charge in [0.1, 0.15) is 11.5 Å². The minimum absolute atomic E-state index is 0.163. The number of nitrogens with one attached hydrogen (secondary N) is 1. The van der Waals surface area contributed by atoms with Gasteiger partial charge in [-0.05, 0) is 32.0 Å². The molecule has 8 heteroatoms. The maximum absolute atomic E-state index is 12.1. The number of rotatable bonds is 5. The number of esters is 1. The molecule has 1 atom stereocenters. The molecule has 0 bridgehead atoms. The van der Waals surface area contributed by atoms with E-state index in [0.29, 0.717) is 16.4 Å². The highest BCUT2D eigenvalue weighted by atomic mass is 35.5. The largest absolute Gasteiger partial charge is 0.448 e. The van der Waals surface area contributed by atoms with Gasteiger partial charge in [-0.1, -0.05) is 11.6 Å². The number of anilines is 1. The van der Waals surface area contributed by atoms with Gasteiger partial charge in [-0.3, -0.25) is 9.59 Å². The van der Waals surface area contributed by atoms with E-state index in [2.05, 4.69) is 10.3 Å². The number of aryl methyl sites for hydroxylation is 1. The van der Waals surface area contributed by atoms with Gasteiger partial charge in [0, 0.05) is 25.0 Å². The minimum atomic E-state index is -1.04. The molecule has 1 amide bonds. The van der Waals surface area contributed by atoms with Crippen LogP contribution in [0.2, 0.25) is 5.02 Å². The lowest BCUT2D eigenvalue weighted by atomic mass is 10.2. The number of halogens is 1. The van der Waals surface area contributed by atoms with Gasteiger partial charge < -0.3 is 14.6 Å². The van der Waals surface area contributed by atoms with Crippen molar-refractivity contribution in [2.75, 3.05) is 5.32 Å². The van der Waals surface area contributed by atoms with Crippen LogP contribution in [0.3, 0.4) is 0 Å². The quantitative estimate of drug-likeness (QED) is 0.661. The Labute approximate surface area is 143 Å². The van der Waals surface area contributed by atoms with E-state index < -0.39 is 18.0 Å². The molecule has 0 radical (unpaired) electrons. The van der Waals surface area contributed by atoms with Gasteiger partial charge in [0.15, 0.2) is 11.9 Å². The van der Waals surface area contributed by atoms with Gasteiger partial charge in [-0.15, -0.1) is 0 Å². The Hall–Kier alpha value is -2.67. The number of aromatic nitrogens is 2. The topological polar surface area (TPSA) is 90.3 Å². The first kappa shape index (κ1) is 17.7. The normalized spacial score (nSPS) is 11.7. The number of Topliss-reactive ketones (excluding diaryl/α,β-unsaturated/α-hetero) is 1. The lowest BCUT2D eigenvalue weighted by Crippen LogP contribution is -2.30. The van der Waals surface area contributed by atoms with Crippen LogP contribution in [0.5, 0.6) is 0 Å². The monoisotopic (exact) mass is 349 g/mol. The molecule has 2 rings (SSSR count). The summed E-state index contributed by atoms with van der Waals surface area (Å²) in [4.78, 5) is 39.5. The fourth-order valence-corrected chi connectivity index (χ4v) is 2.02. The average Bonchev–Trinajstić information content (AvgIpc) is 2.91. The molecule has 0 aliphatic carbocycles. The van der Waals surface area contributed by atoms with Crippen molar-refractivity contribution in [2.24, 2.45) is 7.05 Å². The fourth-order valence-electron chi connectivity index (χ4n) is 1.91. The second-order valence-electron chi connectivity index (χ2n) is 5.18. The van der Waals surface area contributed by atoms with E-state index in [1.807, 2.05) is 0 Å². The highest BCUT2D eigenvalue weighted by Crippen LogP contribution is 2.12. The Kier molecular flexibility index (Phi) is 5.35. The Bertz CT molecular complexity index is 783. The highest BCUT2D eigenvalue weighted by molar-refractivity contribution is 6.30. The van der Waals surface area contributed by atoms with E-state index in [4.69, 9.17) is 16.3 Å². The van der Waals surface area contributed by atoms with Crippen LogP contribution in [0.1, 0.15) is 34.7 Å². The lowest BCUT2D eigenvalue weighted by Gasteiger charge is -2.13. The summed E-state index contributed by atoms with van der Waals surface area (Å²) in [7, 11) is 1.62. The van der Waals surface area contributed by atoms with Crippen molar-refractivity contribution in [3.8, 4) is 0 Å². The smallest absolute Gasteiger partial charge is 0.355 e. The summed E-state index contributed by atoms with van der Waals surface area (Å²) in [5.74, 6) is -1.09. The summed E-state index contributed by atoms with van der Waals surface area (Å²) in [5, 5.41) is 2.96. The predicted octanol–water partition coefficient (Wildman–Crippen LogP) is 2.46. The molecular weight excluding hydrogens is 334 g/mol. The van der Waals surface area contributed by atoms with Gasteiger partial charge in [0.2, 0.25) is 0 Å². The van der Waals surface area contributed by atoms with Crippen LogP contribution >= 0.6 is 11.6 Å². The van der Waals surface area contributed by atoms with E-state index >= 15 is 0 Å². The van der Waals surface area contributed by atoms with Crippen LogP contribution < -0.4 is 5.32 Å². The molecule has 1 N–H and O–H groups in total. The first-order chi connectivity index (χ1) is 11.3. The van der Waals surface area contributed by atoms with Gasteiger partial charge in [-0.25, -0.2) is 9.78 Å². The van der Waals surface area contributed by atoms with Gasteiger partial charge in [-0.2, -0.15) is 0 Å². The SMILES string of the molecule is CC(=O)c1cc(C(=O)O[C@H](C)C(=O)Nc2ccc(Cl)cn2)n(C)c1. The lowest BCUT2D eigenvalue weighted by molar-refractivity contribution is -0.123. The number of ether oxygens (including phenoxy) is 1. The van der Waals surface area contributed by atoms with Gasteiger partial charge in [0.05, 0.1) is 5.02 Å². The Morgan fingerprint density at radius 1 is 1.33 bits per heavy atom. The highest BCUT2D eigenvalue weighted by Gasteiger charge is 2.22. The number of pyridine rings is 1. The van der Waals surface area contributed by atoms with Gasteiger partial charge in [0.25, 0.3) is 5.91 Å². The predicted molar refractivity (Wildman–Crippen MR) is 88.2 cm³/mol. The van der Waals surface area contributed by atoms with Crippen LogP contribution in [0.4, 0.5) is 5.82 Å². The van der Waals surface area contributed by atoms with Crippen LogP contribution in [0.25, 0.3) is 0 Å². The third-order valence-electron chi connectivity index (χ3n) is 3.25. The summed E-state index contributed by atoms with van der Waals surface area (Å²) >= 11 is 5.72. The molecule has 0 unspecified atom stereocenters. The Morgan fingerprint density at radius 2 is 2.04 bits per heavy atom. The molecule has 0 fully saturated rings. The first-order valence-electron chi connectivity index (χ1n) is 7.08. The zero-order valence-electron chi connectivity index (χ0n) is 13.4. The van der Waals surface area contributed by atoms with E-state index in [1.54, 1.807) is 13.1 Å². The third-order valence-corrected chi connectivity index (χ3v) is 3.48. The summed E-state index contributed by atoms with van der Waals surface area (Å²) in [6.45, 7) is 2.84. The van der Waals surface area contributed by atoms with Crippen molar-refractivity contribution in [1.29, 1.82) is 0 Å². The molecule has 7 nitrogen and oxygen atoms in total. The number of carbonyl (C=O) groups is 3. The molecule has 2 aromatic rings. The van der Waals surface area contributed by atoms with Crippen molar-refractivity contribution in [3.63, 3.8) is 0 Å². The minimum Gasteiger partial charge on any atom is -0.448 e. The average molecular weight is 350 g/mol. The maximum Gasteiger partial charge on any atom is 0.355 e. The number of nitrogens with zero attached hydrogens (tertiary/aromatic N) is 2. The molecule has 0 saturated carbocycles. The number of amides is 1. The van der Waals surface area contributed by atoms with E-state index in [9.17, 15) is 14.4 Å². The first-order valence-corrected chi connectivity index (χ1v) is 7.46. The summed E-state index contributed by atoms with van der Waals surface area (Å²) in [5.41, 5.74) is 0.580. The van der Waals surface area contributed by atoms with Crippen LogP contribution in [-0.4, -0.2) is 33.3 Å². The van der Waals surface area contributed by atoms with Crippen molar-refractivity contribution >= 4 is 35.1 Å². The summed E-state index contributed by atoms with van der Waals surface area (Å²) < 4.78 is 6.61. The second kappa shape index (κ2) is 7.27. The fraction of sp³-hybridized carbons (Fsp3) is 0.250. The van der Waals surface area contributed by atoms with Crippen molar-refractivity contribution in [2.45, 2.75) is 20.0 Å². The molecule has 0 saturated heterocycles. The molecular formula is C16H16ClN3O4. The molecule has 0 aromatic carbocycles. The Balaban J connectivity index is 2.01. The van der Waals surface area contributed by atoms with E-state index in [1.165, 1.54) is 42.9 Å². The zero-order chi connectivity index (χ0) is 17.9.